The Morgan fingerprint density at radius 1 is 0.792 bits per heavy atom. The number of benzene rings is 2. The minimum Gasteiger partial charge on any atom is -0.309 e. The van der Waals surface area contributed by atoms with E-state index in [9.17, 15) is 0 Å². The summed E-state index contributed by atoms with van der Waals surface area (Å²) in [6, 6.07) is 21.0. The second-order valence-corrected chi connectivity index (χ2v) is 6.94. The Hall–Kier alpha value is -2.59. The minimum atomic E-state index is 0.844. The lowest BCUT2D eigenvalue weighted by atomic mass is 10.2. The lowest BCUT2D eigenvalue weighted by Crippen LogP contribution is -2.22. The minimum absolute atomic E-state index is 0.844. The molecule has 0 radical (unpaired) electrons. The van der Waals surface area contributed by atoms with Gasteiger partial charge in [0.15, 0.2) is 0 Å². The van der Waals surface area contributed by atoms with Crippen LogP contribution in [0.5, 0.6) is 0 Å². The van der Waals surface area contributed by atoms with Crippen LogP contribution >= 0.6 is 11.8 Å². The molecule has 0 N–H and O–H groups in total. The quantitative estimate of drug-likeness (QED) is 0.467. The SMILES string of the molecule is CCN1c2nc3ccccc3cc2Sc2cc3ccccc3nc21. The Kier molecular flexibility index (Phi) is 3.00. The Bertz CT molecular complexity index is 1010. The molecular formula is C20H15N3S. The van der Waals surface area contributed by atoms with Crippen LogP contribution in [0.1, 0.15) is 6.92 Å². The first-order chi connectivity index (χ1) is 11.8. The Balaban J connectivity index is 1.77. The van der Waals surface area contributed by atoms with Crippen LogP contribution in [0.2, 0.25) is 0 Å². The number of aromatic nitrogens is 2. The average Bonchev–Trinajstić information content (AvgIpc) is 2.63. The highest BCUT2D eigenvalue weighted by molar-refractivity contribution is 7.99. The van der Waals surface area contributed by atoms with Crippen molar-refractivity contribution in [3.63, 3.8) is 0 Å². The summed E-state index contributed by atoms with van der Waals surface area (Å²) in [5, 5.41) is 2.36. The zero-order valence-electron chi connectivity index (χ0n) is 13.2. The number of hydrogen-bond acceptors (Lipinski definition) is 4. The van der Waals surface area contributed by atoms with Gasteiger partial charge in [0.1, 0.15) is 11.6 Å². The zero-order valence-corrected chi connectivity index (χ0v) is 14.0. The van der Waals surface area contributed by atoms with Crippen molar-refractivity contribution in [1.29, 1.82) is 0 Å². The maximum atomic E-state index is 4.91. The third-order valence-electron chi connectivity index (χ3n) is 4.39. The number of anilines is 2. The van der Waals surface area contributed by atoms with Crippen LogP contribution in [0, 0.1) is 0 Å². The van der Waals surface area contributed by atoms with E-state index < -0.39 is 0 Å². The normalized spacial score (nSPS) is 13.1. The molecule has 0 spiro atoms. The predicted molar refractivity (Wildman–Crippen MR) is 100 cm³/mol. The van der Waals surface area contributed by atoms with Crippen molar-refractivity contribution in [3.8, 4) is 0 Å². The fourth-order valence-electron chi connectivity index (χ4n) is 3.23. The summed E-state index contributed by atoms with van der Waals surface area (Å²) in [5.74, 6) is 2.02. The van der Waals surface area contributed by atoms with E-state index >= 15 is 0 Å². The van der Waals surface area contributed by atoms with E-state index in [1.165, 1.54) is 20.6 Å². The van der Waals surface area contributed by atoms with Crippen molar-refractivity contribution in [1.82, 2.24) is 9.97 Å². The molecule has 3 heterocycles. The van der Waals surface area contributed by atoms with E-state index in [1.54, 1.807) is 11.8 Å². The molecule has 3 nitrogen and oxygen atoms in total. The molecule has 24 heavy (non-hydrogen) atoms. The monoisotopic (exact) mass is 329 g/mol. The molecule has 4 aromatic rings. The lowest BCUT2D eigenvalue weighted by Gasteiger charge is -2.30. The van der Waals surface area contributed by atoms with Crippen LogP contribution in [0.25, 0.3) is 21.8 Å². The van der Waals surface area contributed by atoms with E-state index in [0.29, 0.717) is 0 Å². The van der Waals surface area contributed by atoms with Gasteiger partial charge in [-0.05, 0) is 31.2 Å². The Labute approximate surface area is 144 Å². The number of nitrogens with zero attached hydrogens (tertiary/aromatic N) is 3. The Morgan fingerprint density at radius 2 is 1.29 bits per heavy atom. The molecule has 0 unspecified atom stereocenters. The summed E-state index contributed by atoms with van der Waals surface area (Å²) in [6.07, 6.45) is 0. The van der Waals surface area contributed by atoms with Crippen molar-refractivity contribution in [2.24, 2.45) is 0 Å². The van der Waals surface area contributed by atoms with Crippen LogP contribution in [0.4, 0.5) is 11.6 Å². The number of para-hydroxylation sites is 2. The molecule has 0 bridgehead atoms. The second kappa shape index (κ2) is 5.21. The first-order valence-corrected chi connectivity index (χ1v) is 8.90. The predicted octanol–water partition coefficient (Wildman–Crippen LogP) is 5.41. The van der Waals surface area contributed by atoms with Crippen molar-refractivity contribution in [3.05, 3.63) is 60.7 Å². The first-order valence-electron chi connectivity index (χ1n) is 8.08. The zero-order chi connectivity index (χ0) is 16.1. The molecule has 0 amide bonds. The fourth-order valence-corrected chi connectivity index (χ4v) is 4.33. The van der Waals surface area contributed by atoms with Gasteiger partial charge in [-0.2, -0.15) is 0 Å². The second-order valence-electron chi connectivity index (χ2n) is 5.85. The van der Waals surface area contributed by atoms with Crippen molar-refractivity contribution in [2.45, 2.75) is 16.7 Å². The molecule has 0 saturated heterocycles. The molecule has 1 aliphatic heterocycles. The van der Waals surface area contributed by atoms with Gasteiger partial charge in [0.05, 0.1) is 20.8 Å². The van der Waals surface area contributed by atoms with Gasteiger partial charge in [-0.15, -0.1) is 0 Å². The maximum Gasteiger partial charge on any atom is 0.148 e. The summed E-state index contributed by atoms with van der Waals surface area (Å²) < 4.78 is 0. The van der Waals surface area contributed by atoms with E-state index in [4.69, 9.17) is 9.97 Å². The van der Waals surface area contributed by atoms with Crippen LogP contribution in [0.3, 0.4) is 0 Å². The van der Waals surface area contributed by atoms with Crippen LogP contribution in [-0.4, -0.2) is 16.5 Å². The maximum absolute atomic E-state index is 4.91. The Morgan fingerprint density at radius 3 is 1.79 bits per heavy atom. The van der Waals surface area contributed by atoms with E-state index in [-0.39, 0.29) is 0 Å². The molecule has 0 fully saturated rings. The lowest BCUT2D eigenvalue weighted by molar-refractivity contribution is 0.927. The molecule has 0 aliphatic carbocycles. The molecule has 2 aromatic heterocycles. The van der Waals surface area contributed by atoms with Crippen LogP contribution in [-0.2, 0) is 0 Å². The topological polar surface area (TPSA) is 29.0 Å². The van der Waals surface area contributed by atoms with Gasteiger partial charge in [-0.3, -0.25) is 0 Å². The largest absolute Gasteiger partial charge is 0.309 e. The number of pyridine rings is 2. The summed E-state index contributed by atoms with van der Waals surface area (Å²) in [5.41, 5.74) is 2.05. The van der Waals surface area contributed by atoms with Crippen molar-refractivity contribution < 1.29 is 0 Å². The highest BCUT2D eigenvalue weighted by atomic mass is 32.2. The first kappa shape index (κ1) is 13.8. The highest BCUT2D eigenvalue weighted by Gasteiger charge is 2.26. The molecule has 1 aliphatic rings. The average molecular weight is 329 g/mol. The van der Waals surface area contributed by atoms with Gasteiger partial charge in [-0.1, -0.05) is 48.2 Å². The summed E-state index contributed by atoms with van der Waals surface area (Å²) >= 11 is 1.76. The molecule has 0 saturated carbocycles. The van der Waals surface area contributed by atoms with E-state index in [2.05, 4.69) is 60.4 Å². The smallest absolute Gasteiger partial charge is 0.148 e. The molecule has 116 valence electrons. The van der Waals surface area contributed by atoms with Gasteiger partial charge in [0.2, 0.25) is 0 Å². The van der Waals surface area contributed by atoms with Crippen LogP contribution in [0.15, 0.2) is 70.5 Å². The van der Waals surface area contributed by atoms with Crippen molar-refractivity contribution >= 4 is 45.2 Å². The van der Waals surface area contributed by atoms with Gasteiger partial charge in [0.25, 0.3) is 0 Å². The third kappa shape index (κ3) is 2.00. The van der Waals surface area contributed by atoms with Gasteiger partial charge in [0, 0.05) is 17.3 Å². The van der Waals surface area contributed by atoms with Gasteiger partial charge >= 0.3 is 0 Å². The molecule has 5 rings (SSSR count). The highest BCUT2D eigenvalue weighted by Crippen LogP contribution is 2.47. The summed E-state index contributed by atoms with van der Waals surface area (Å²) in [4.78, 5) is 14.4. The van der Waals surface area contributed by atoms with E-state index in [0.717, 1.165) is 29.2 Å². The molecular weight excluding hydrogens is 314 g/mol. The number of rotatable bonds is 1. The van der Waals surface area contributed by atoms with Crippen LogP contribution < -0.4 is 4.90 Å². The van der Waals surface area contributed by atoms with Gasteiger partial charge in [-0.25, -0.2) is 9.97 Å². The standard InChI is InChI=1S/C20H15N3S/c1-2-23-19-17(11-13-7-3-5-9-15(13)21-19)24-18-12-14-8-4-6-10-16(14)22-20(18)23/h3-12H,2H2,1H3. The molecule has 0 atom stereocenters. The number of hydrogen-bond donors (Lipinski definition) is 0. The van der Waals surface area contributed by atoms with Gasteiger partial charge < -0.3 is 4.90 Å². The number of fused-ring (bicyclic) bond motifs is 4. The molecule has 4 heteroatoms. The summed E-state index contributed by atoms with van der Waals surface area (Å²) in [7, 11) is 0. The third-order valence-corrected chi connectivity index (χ3v) is 5.43. The van der Waals surface area contributed by atoms with E-state index in [1.807, 2.05) is 12.1 Å². The summed E-state index contributed by atoms with van der Waals surface area (Å²) in [6.45, 7) is 2.99. The van der Waals surface area contributed by atoms with Crippen molar-refractivity contribution in [2.75, 3.05) is 11.4 Å². The molecule has 2 aromatic carbocycles. The fraction of sp³-hybridized carbons (Fsp3) is 0.100.